The molecular formula is C77H146O6. The van der Waals surface area contributed by atoms with E-state index in [0.717, 1.165) is 70.6 Å². The Hall–Kier alpha value is -2.11. The molecule has 1 atom stereocenters. The van der Waals surface area contributed by atoms with Crippen molar-refractivity contribution < 1.29 is 28.6 Å². The van der Waals surface area contributed by atoms with Gasteiger partial charge in [0.05, 0.1) is 0 Å². The van der Waals surface area contributed by atoms with E-state index in [9.17, 15) is 14.4 Å². The molecule has 0 spiro atoms. The zero-order valence-electron chi connectivity index (χ0n) is 56.5. The minimum atomic E-state index is -0.771. The third kappa shape index (κ3) is 70.5. The molecule has 0 aromatic heterocycles. The van der Waals surface area contributed by atoms with Crippen molar-refractivity contribution in [2.24, 2.45) is 0 Å². The highest BCUT2D eigenvalue weighted by atomic mass is 16.6. The van der Waals surface area contributed by atoms with Crippen LogP contribution in [0.4, 0.5) is 0 Å². The molecule has 0 fully saturated rings. The molecule has 0 bridgehead atoms. The van der Waals surface area contributed by atoms with E-state index in [-0.39, 0.29) is 31.1 Å². The summed E-state index contributed by atoms with van der Waals surface area (Å²) < 4.78 is 17.0. The fourth-order valence-electron chi connectivity index (χ4n) is 11.7. The molecule has 0 saturated carbocycles. The maximum absolute atomic E-state index is 12.9. The number of unbranched alkanes of at least 4 members (excludes halogenated alkanes) is 56. The van der Waals surface area contributed by atoms with Gasteiger partial charge in [0, 0.05) is 19.3 Å². The van der Waals surface area contributed by atoms with Gasteiger partial charge in [-0.05, 0) is 64.2 Å². The summed E-state index contributed by atoms with van der Waals surface area (Å²) in [5.74, 6) is -0.845. The predicted octanol–water partition coefficient (Wildman–Crippen LogP) is 26.1. The third-order valence-electron chi connectivity index (χ3n) is 17.4. The van der Waals surface area contributed by atoms with Crippen LogP contribution < -0.4 is 0 Å². The van der Waals surface area contributed by atoms with E-state index < -0.39 is 6.10 Å². The highest BCUT2D eigenvalue weighted by molar-refractivity contribution is 5.71. The van der Waals surface area contributed by atoms with Crippen LogP contribution in [0.2, 0.25) is 0 Å². The van der Waals surface area contributed by atoms with Gasteiger partial charge in [-0.15, -0.1) is 0 Å². The van der Waals surface area contributed by atoms with E-state index in [0.29, 0.717) is 19.3 Å². The Bertz CT molecular complexity index is 1340. The first-order valence-corrected chi connectivity index (χ1v) is 37.8. The second kappa shape index (κ2) is 72.4. The molecule has 6 nitrogen and oxygen atoms in total. The van der Waals surface area contributed by atoms with Crippen LogP contribution in [0.3, 0.4) is 0 Å². The lowest BCUT2D eigenvalue weighted by Crippen LogP contribution is -2.30. The van der Waals surface area contributed by atoms with E-state index in [2.05, 4.69) is 45.1 Å². The van der Waals surface area contributed by atoms with Crippen molar-refractivity contribution in [3.8, 4) is 0 Å². The van der Waals surface area contributed by atoms with Crippen LogP contribution in [0.25, 0.3) is 0 Å². The first-order chi connectivity index (χ1) is 41.0. The van der Waals surface area contributed by atoms with Crippen LogP contribution in [0.1, 0.15) is 432 Å². The molecule has 0 aliphatic rings. The maximum atomic E-state index is 12.9. The van der Waals surface area contributed by atoms with E-state index in [4.69, 9.17) is 14.2 Å². The van der Waals surface area contributed by atoms with Crippen molar-refractivity contribution >= 4 is 17.9 Å². The first kappa shape index (κ1) is 80.9. The Labute approximate surface area is 519 Å². The Kier molecular flexibility index (Phi) is 70.5. The minimum Gasteiger partial charge on any atom is -0.462 e. The van der Waals surface area contributed by atoms with Gasteiger partial charge in [-0.25, -0.2) is 0 Å². The molecule has 0 radical (unpaired) electrons. The molecule has 0 saturated heterocycles. The second-order valence-corrected chi connectivity index (χ2v) is 25.9. The fraction of sp³-hybridized carbons (Fsp3) is 0.909. The molecule has 0 heterocycles. The molecule has 0 aliphatic heterocycles. The van der Waals surface area contributed by atoms with Crippen LogP contribution >= 0.6 is 0 Å². The van der Waals surface area contributed by atoms with Crippen molar-refractivity contribution in [2.75, 3.05) is 13.2 Å². The van der Waals surface area contributed by atoms with Crippen LogP contribution in [0.5, 0.6) is 0 Å². The molecule has 490 valence electrons. The van der Waals surface area contributed by atoms with Gasteiger partial charge in [0.1, 0.15) is 13.2 Å². The van der Waals surface area contributed by atoms with Crippen molar-refractivity contribution in [1.29, 1.82) is 0 Å². The van der Waals surface area contributed by atoms with Gasteiger partial charge in [0.25, 0.3) is 0 Å². The predicted molar refractivity (Wildman–Crippen MR) is 363 cm³/mol. The third-order valence-corrected chi connectivity index (χ3v) is 17.4. The van der Waals surface area contributed by atoms with Gasteiger partial charge < -0.3 is 14.2 Å². The normalized spacial score (nSPS) is 12.1. The summed E-state index contributed by atoms with van der Waals surface area (Å²) in [5.41, 5.74) is 0. The van der Waals surface area contributed by atoms with Crippen LogP contribution in [-0.2, 0) is 28.6 Å². The summed E-state index contributed by atoms with van der Waals surface area (Å²) in [6.45, 7) is 6.66. The van der Waals surface area contributed by atoms with Gasteiger partial charge in [-0.2, -0.15) is 0 Å². The van der Waals surface area contributed by atoms with Gasteiger partial charge >= 0.3 is 17.9 Å². The molecule has 83 heavy (non-hydrogen) atoms. The number of allylic oxidation sites excluding steroid dienone is 4. The molecule has 0 aliphatic carbocycles. The molecule has 0 N–H and O–H groups in total. The zero-order chi connectivity index (χ0) is 59.9. The Morgan fingerprint density at radius 2 is 0.422 bits per heavy atom. The highest BCUT2D eigenvalue weighted by Gasteiger charge is 2.20. The molecule has 0 aromatic carbocycles. The van der Waals surface area contributed by atoms with Crippen molar-refractivity contribution in [3.05, 3.63) is 24.3 Å². The average Bonchev–Trinajstić information content (AvgIpc) is 3.48. The standard InChI is InChI=1S/C77H146O6/c1-4-7-10-13-16-19-22-24-26-28-30-32-34-36-37-38-39-40-41-42-44-45-47-49-51-53-55-58-61-64-67-70-76(79)82-73-74(72-81-75(78)69-66-63-60-57-21-18-15-12-9-6-3)83-77(80)71-68-65-62-59-56-54-52-50-48-46-43-35-33-31-29-27-25-23-20-17-14-11-8-5-2/h12,15,28,30,74H,4-11,13-14,16-27,29,31-73H2,1-3H3/b15-12-,30-28-. The number of carbonyl (C=O) groups is 3. The zero-order valence-corrected chi connectivity index (χ0v) is 56.5. The van der Waals surface area contributed by atoms with Crippen LogP contribution in [0.15, 0.2) is 24.3 Å². The SMILES string of the molecule is CCC/C=C\CCCCCCCC(=O)OCC(COC(=O)CCCCCCCCCCCCCCCCCCCCC/C=C\CCCCCCCCCC)OC(=O)CCCCCCCCCCCCCCCCCCCCCCCCCC. The van der Waals surface area contributed by atoms with E-state index in [1.165, 1.54) is 321 Å². The second-order valence-electron chi connectivity index (χ2n) is 25.9. The minimum absolute atomic E-state index is 0.0674. The first-order valence-electron chi connectivity index (χ1n) is 37.8. The number of hydrogen-bond donors (Lipinski definition) is 0. The fourth-order valence-corrected chi connectivity index (χ4v) is 11.7. The highest BCUT2D eigenvalue weighted by Crippen LogP contribution is 2.19. The maximum Gasteiger partial charge on any atom is 0.306 e. The van der Waals surface area contributed by atoms with Gasteiger partial charge in [0.15, 0.2) is 6.10 Å². The Morgan fingerprint density at radius 3 is 0.651 bits per heavy atom. The van der Waals surface area contributed by atoms with Gasteiger partial charge in [-0.1, -0.05) is 373 Å². The van der Waals surface area contributed by atoms with Crippen LogP contribution in [0, 0.1) is 0 Å². The summed E-state index contributed by atoms with van der Waals surface area (Å²) in [4.78, 5) is 38.4. The summed E-state index contributed by atoms with van der Waals surface area (Å²) in [6, 6.07) is 0. The van der Waals surface area contributed by atoms with E-state index >= 15 is 0 Å². The average molecular weight is 1170 g/mol. The molecule has 0 amide bonds. The molecular weight excluding hydrogens is 1020 g/mol. The largest absolute Gasteiger partial charge is 0.462 e. The Morgan fingerprint density at radius 1 is 0.229 bits per heavy atom. The van der Waals surface area contributed by atoms with Crippen molar-refractivity contribution in [2.45, 2.75) is 438 Å². The number of esters is 3. The quantitative estimate of drug-likeness (QED) is 0.0261. The molecule has 0 aromatic rings. The van der Waals surface area contributed by atoms with E-state index in [1.54, 1.807) is 0 Å². The van der Waals surface area contributed by atoms with E-state index in [1.807, 2.05) is 0 Å². The smallest absolute Gasteiger partial charge is 0.306 e. The monoisotopic (exact) mass is 1170 g/mol. The van der Waals surface area contributed by atoms with Crippen molar-refractivity contribution in [1.82, 2.24) is 0 Å². The lowest BCUT2D eigenvalue weighted by Gasteiger charge is -2.18. The summed E-state index contributed by atoms with van der Waals surface area (Å²) in [5, 5.41) is 0. The number of hydrogen-bond acceptors (Lipinski definition) is 6. The van der Waals surface area contributed by atoms with Gasteiger partial charge in [-0.3, -0.25) is 14.4 Å². The molecule has 1 unspecified atom stereocenters. The number of carbonyl (C=O) groups excluding carboxylic acids is 3. The summed E-state index contributed by atoms with van der Waals surface area (Å²) in [7, 11) is 0. The summed E-state index contributed by atoms with van der Waals surface area (Å²) in [6.07, 6.45) is 89.7. The number of ether oxygens (including phenoxy) is 3. The molecule has 0 rings (SSSR count). The molecule has 6 heteroatoms. The van der Waals surface area contributed by atoms with Crippen molar-refractivity contribution in [3.63, 3.8) is 0 Å². The summed E-state index contributed by atoms with van der Waals surface area (Å²) >= 11 is 0. The topological polar surface area (TPSA) is 78.9 Å². The Balaban J connectivity index is 4.06. The van der Waals surface area contributed by atoms with Gasteiger partial charge in [0.2, 0.25) is 0 Å². The number of rotatable bonds is 71. The lowest BCUT2D eigenvalue weighted by molar-refractivity contribution is -0.167. The lowest BCUT2D eigenvalue weighted by atomic mass is 10.0. The van der Waals surface area contributed by atoms with Crippen LogP contribution in [-0.4, -0.2) is 37.2 Å².